The predicted octanol–water partition coefficient (Wildman–Crippen LogP) is 1.98. The molecule has 0 aliphatic heterocycles. The van der Waals surface area contributed by atoms with Crippen LogP contribution in [0.3, 0.4) is 0 Å². The Balaban J connectivity index is 2.07. The van der Waals surface area contributed by atoms with Crippen LogP contribution < -0.4 is 5.73 Å². The van der Waals surface area contributed by atoms with E-state index in [-0.39, 0.29) is 5.82 Å². The quantitative estimate of drug-likeness (QED) is 0.543. The molecule has 1 aromatic carbocycles. The lowest BCUT2D eigenvalue weighted by Gasteiger charge is -2.06. The van der Waals surface area contributed by atoms with E-state index in [4.69, 9.17) is 19.9 Å². The van der Waals surface area contributed by atoms with Crippen molar-refractivity contribution in [2.24, 2.45) is 0 Å². The van der Waals surface area contributed by atoms with E-state index in [1.807, 2.05) is 0 Å². The van der Waals surface area contributed by atoms with E-state index in [1.54, 1.807) is 13.2 Å². The van der Waals surface area contributed by atoms with Crippen LogP contribution in [0.4, 0.5) is 10.1 Å². The van der Waals surface area contributed by atoms with E-state index < -0.39 is 0 Å². The first kappa shape index (κ1) is 14.9. The number of nitrogen functional groups attached to an aromatic ring is 1. The predicted molar refractivity (Wildman–Crippen MR) is 67.8 cm³/mol. The van der Waals surface area contributed by atoms with E-state index in [0.29, 0.717) is 38.7 Å². The van der Waals surface area contributed by atoms with Gasteiger partial charge in [-0.2, -0.15) is 0 Å². The molecule has 2 N–H and O–H groups in total. The monoisotopic (exact) mass is 257 g/mol. The second-order valence-corrected chi connectivity index (χ2v) is 3.90. The highest BCUT2D eigenvalue weighted by molar-refractivity contribution is 5.41. The molecule has 0 aliphatic carbocycles. The summed E-state index contributed by atoms with van der Waals surface area (Å²) in [6, 6.07) is 4.41. The molecule has 102 valence electrons. The zero-order chi connectivity index (χ0) is 13.2. The second kappa shape index (κ2) is 8.85. The van der Waals surface area contributed by atoms with Crippen molar-refractivity contribution in [1.82, 2.24) is 0 Å². The number of benzene rings is 1. The molecule has 0 bridgehead atoms. The minimum absolute atomic E-state index is 0.337. The molecule has 1 rings (SSSR count). The first-order valence-electron chi connectivity index (χ1n) is 5.91. The Morgan fingerprint density at radius 1 is 1.06 bits per heavy atom. The third kappa shape index (κ3) is 6.54. The van der Waals surface area contributed by atoms with E-state index >= 15 is 0 Å². The van der Waals surface area contributed by atoms with Crippen molar-refractivity contribution < 1.29 is 18.6 Å². The van der Waals surface area contributed by atoms with E-state index in [9.17, 15) is 4.39 Å². The van der Waals surface area contributed by atoms with Gasteiger partial charge in [0.25, 0.3) is 0 Å². The highest BCUT2D eigenvalue weighted by Crippen LogP contribution is 2.11. The Kier molecular flexibility index (Phi) is 7.32. The fourth-order valence-corrected chi connectivity index (χ4v) is 1.46. The molecular formula is C13H20FNO3. The number of halogens is 1. The largest absolute Gasteiger partial charge is 0.399 e. The van der Waals surface area contributed by atoms with Gasteiger partial charge < -0.3 is 19.9 Å². The lowest BCUT2D eigenvalue weighted by Crippen LogP contribution is -2.05. The van der Waals surface area contributed by atoms with Crippen molar-refractivity contribution >= 4 is 5.69 Å². The van der Waals surface area contributed by atoms with Crippen LogP contribution >= 0.6 is 0 Å². The van der Waals surface area contributed by atoms with Crippen molar-refractivity contribution in [3.8, 4) is 0 Å². The molecule has 0 spiro atoms. The normalized spacial score (nSPS) is 10.8. The van der Waals surface area contributed by atoms with Crippen LogP contribution in [0.1, 0.15) is 12.0 Å². The summed E-state index contributed by atoms with van der Waals surface area (Å²) in [6.07, 6.45) is 0.800. The van der Waals surface area contributed by atoms with Gasteiger partial charge in [0.05, 0.1) is 19.8 Å². The molecular weight excluding hydrogens is 237 g/mol. The number of hydrogen-bond donors (Lipinski definition) is 1. The molecule has 0 heterocycles. The maximum atomic E-state index is 13.0. The van der Waals surface area contributed by atoms with Crippen LogP contribution in [0, 0.1) is 5.82 Å². The van der Waals surface area contributed by atoms with Crippen LogP contribution in [-0.2, 0) is 20.8 Å². The first-order valence-corrected chi connectivity index (χ1v) is 5.91. The molecule has 0 aliphatic rings. The Morgan fingerprint density at radius 2 is 1.83 bits per heavy atom. The van der Waals surface area contributed by atoms with Gasteiger partial charge in [0.1, 0.15) is 5.82 Å². The maximum Gasteiger partial charge on any atom is 0.125 e. The van der Waals surface area contributed by atoms with Gasteiger partial charge in [-0.05, 0) is 30.2 Å². The SMILES string of the molecule is COCCOCCCOCc1cc(N)cc(F)c1. The van der Waals surface area contributed by atoms with Gasteiger partial charge in [-0.25, -0.2) is 4.39 Å². The number of methoxy groups -OCH3 is 1. The molecule has 0 fully saturated rings. The van der Waals surface area contributed by atoms with Gasteiger partial charge in [-0.1, -0.05) is 0 Å². The molecule has 0 saturated heterocycles. The lowest BCUT2D eigenvalue weighted by atomic mass is 10.2. The van der Waals surface area contributed by atoms with E-state index in [2.05, 4.69) is 0 Å². The van der Waals surface area contributed by atoms with Crippen LogP contribution in [0.15, 0.2) is 18.2 Å². The van der Waals surface area contributed by atoms with Crippen LogP contribution in [0.25, 0.3) is 0 Å². The highest BCUT2D eigenvalue weighted by Gasteiger charge is 1.99. The molecule has 0 radical (unpaired) electrons. The van der Waals surface area contributed by atoms with Crippen molar-refractivity contribution in [3.05, 3.63) is 29.6 Å². The zero-order valence-corrected chi connectivity index (χ0v) is 10.7. The topological polar surface area (TPSA) is 53.7 Å². The van der Waals surface area contributed by atoms with Crippen molar-refractivity contribution in [2.45, 2.75) is 13.0 Å². The Morgan fingerprint density at radius 3 is 2.56 bits per heavy atom. The Hall–Kier alpha value is -1.17. The van der Waals surface area contributed by atoms with Gasteiger partial charge in [-0.15, -0.1) is 0 Å². The molecule has 0 atom stereocenters. The smallest absolute Gasteiger partial charge is 0.125 e. The van der Waals surface area contributed by atoms with Crippen molar-refractivity contribution in [3.63, 3.8) is 0 Å². The van der Waals surface area contributed by atoms with Crippen LogP contribution in [-0.4, -0.2) is 33.5 Å². The average molecular weight is 257 g/mol. The molecule has 4 nitrogen and oxygen atoms in total. The Bertz CT molecular complexity index is 327. The Labute approximate surface area is 107 Å². The molecule has 0 saturated carbocycles. The van der Waals surface area contributed by atoms with Gasteiger partial charge >= 0.3 is 0 Å². The zero-order valence-electron chi connectivity index (χ0n) is 10.7. The first-order chi connectivity index (χ1) is 8.72. The molecule has 0 amide bonds. The fraction of sp³-hybridized carbons (Fsp3) is 0.538. The summed E-state index contributed by atoms with van der Waals surface area (Å²) < 4.78 is 28.5. The maximum absolute atomic E-state index is 13.0. The summed E-state index contributed by atoms with van der Waals surface area (Å²) in [4.78, 5) is 0. The van der Waals surface area contributed by atoms with Crippen LogP contribution in [0.2, 0.25) is 0 Å². The number of hydrogen-bond acceptors (Lipinski definition) is 4. The summed E-state index contributed by atoms with van der Waals surface area (Å²) in [5.74, 6) is -0.337. The lowest BCUT2D eigenvalue weighted by molar-refractivity contribution is 0.0483. The standard InChI is InChI=1S/C13H20FNO3/c1-16-5-6-17-3-2-4-18-10-11-7-12(14)9-13(15)8-11/h7-9H,2-6,10,15H2,1H3. The fourth-order valence-electron chi connectivity index (χ4n) is 1.46. The van der Waals surface area contributed by atoms with E-state index in [0.717, 1.165) is 12.0 Å². The third-order valence-corrected chi connectivity index (χ3v) is 2.26. The average Bonchev–Trinajstić information content (AvgIpc) is 2.31. The molecule has 0 aromatic heterocycles. The van der Waals surface area contributed by atoms with Crippen molar-refractivity contribution in [1.29, 1.82) is 0 Å². The number of anilines is 1. The summed E-state index contributed by atoms with van der Waals surface area (Å²) in [6.45, 7) is 2.76. The highest BCUT2D eigenvalue weighted by atomic mass is 19.1. The number of ether oxygens (including phenoxy) is 3. The number of rotatable bonds is 9. The molecule has 0 unspecified atom stereocenters. The van der Waals surface area contributed by atoms with Crippen molar-refractivity contribution in [2.75, 3.05) is 39.3 Å². The second-order valence-electron chi connectivity index (χ2n) is 3.90. The third-order valence-electron chi connectivity index (χ3n) is 2.26. The van der Waals surface area contributed by atoms with Crippen LogP contribution in [0.5, 0.6) is 0 Å². The molecule has 1 aromatic rings. The number of nitrogens with two attached hydrogens (primary N) is 1. The van der Waals surface area contributed by atoms with Gasteiger partial charge in [-0.3, -0.25) is 0 Å². The minimum atomic E-state index is -0.337. The molecule has 18 heavy (non-hydrogen) atoms. The minimum Gasteiger partial charge on any atom is -0.399 e. The molecule has 5 heteroatoms. The summed E-state index contributed by atoms with van der Waals surface area (Å²) in [5, 5.41) is 0. The van der Waals surface area contributed by atoms with Gasteiger partial charge in [0.15, 0.2) is 0 Å². The van der Waals surface area contributed by atoms with Gasteiger partial charge in [0, 0.05) is 26.0 Å². The summed E-state index contributed by atoms with van der Waals surface area (Å²) in [7, 11) is 1.64. The summed E-state index contributed by atoms with van der Waals surface area (Å²) >= 11 is 0. The summed E-state index contributed by atoms with van der Waals surface area (Å²) in [5.41, 5.74) is 6.69. The van der Waals surface area contributed by atoms with Gasteiger partial charge in [0.2, 0.25) is 0 Å². The van der Waals surface area contributed by atoms with E-state index in [1.165, 1.54) is 12.1 Å².